The minimum Gasteiger partial charge on any atom is -0.492 e. The van der Waals surface area contributed by atoms with Crippen LogP contribution in [-0.2, 0) is 0 Å². The first-order valence-corrected chi connectivity index (χ1v) is 7.28. The van der Waals surface area contributed by atoms with Crippen molar-refractivity contribution in [1.29, 1.82) is 0 Å². The highest BCUT2D eigenvalue weighted by molar-refractivity contribution is 6.30. The number of ether oxygens (including phenoxy) is 2. The number of halogens is 1. The van der Waals surface area contributed by atoms with Crippen LogP contribution in [0.3, 0.4) is 0 Å². The zero-order chi connectivity index (χ0) is 15.1. The molecule has 1 aromatic carbocycles. The summed E-state index contributed by atoms with van der Waals surface area (Å²) in [5.74, 6) is 1.47. The Kier molecular flexibility index (Phi) is 5.84. The van der Waals surface area contributed by atoms with Gasteiger partial charge < -0.3 is 15.2 Å². The number of rotatable bonds is 7. The van der Waals surface area contributed by atoms with Crippen LogP contribution in [0.15, 0.2) is 42.7 Å². The van der Waals surface area contributed by atoms with E-state index >= 15 is 0 Å². The molecule has 0 aliphatic heterocycles. The van der Waals surface area contributed by atoms with Crippen molar-refractivity contribution in [3.8, 4) is 11.5 Å². The third-order valence-corrected chi connectivity index (χ3v) is 3.13. The number of hydrogen-bond acceptors (Lipinski definition) is 4. The molecule has 1 aromatic heterocycles. The standard InChI is InChI=1S/C16H19ClN2O2/c1-2-7-20-15-8-12(9-19-10-15)16(18)11-21-14-5-3-13(17)4-6-14/h3-6,8-10,16H,2,7,11,18H2,1H3. The maximum Gasteiger partial charge on any atom is 0.137 e. The van der Waals surface area contributed by atoms with Crippen molar-refractivity contribution in [2.75, 3.05) is 13.2 Å². The predicted molar refractivity (Wildman–Crippen MR) is 83.9 cm³/mol. The first kappa shape index (κ1) is 15.6. The Morgan fingerprint density at radius 2 is 1.90 bits per heavy atom. The van der Waals surface area contributed by atoms with E-state index in [9.17, 15) is 0 Å². The third-order valence-electron chi connectivity index (χ3n) is 2.88. The van der Waals surface area contributed by atoms with Gasteiger partial charge in [-0.1, -0.05) is 18.5 Å². The zero-order valence-corrected chi connectivity index (χ0v) is 12.7. The lowest BCUT2D eigenvalue weighted by molar-refractivity contribution is 0.288. The Hall–Kier alpha value is -1.78. The van der Waals surface area contributed by atoms with Crippen LogP contribution in [0.5, 0.6) is 11.5 Å². The molecule has 21 heavy (non-hydrogen) atoms. The van der Waals surface area contributed by atoms with Crippen molar-refractivity contribution in [3.05, 3.63) is 53.3 Å². The summed E-state index contributed by atoms with van der Waals surface area (Å²) in [4.78, 5) is 4.15. The molecular weight excluding hydrogens is 288 g/mol. The number of pyridine rings is 1. The van der Waals surface area contributed by atoms with Crippen molar-refractivity contribution >= 4 is 11.6 Å². The molecule has 5 heteroatoms. The van der Waals surface area contributed by atoms with E-state index in [1.807, 2.05) is 18.2 Å². The van der Waals surface area contributed by atoms with E-state index in [1.54, 1.807) is 24.5 Å². The fraction of sp³-hybridized carbons (Fsp3) is 0.312. The SMILES string of the molecule is CCCOc1cncc(C(N)COc2ccc(Cl)cc2)c1. The van der Waals surface area contributed by atoms with Crippen LogP contribution >= 0.6 is 11.6 Å². The van der Waals surface area contributed by atoms with Crippen LogP contribution in [0.4, 0.5) is 0 Å². The van der Waals surface area contributed by atoms with E-state index in [0.717, 1.165) is 23.5 Å². The normalized spacial score (nSPS) is 12.0. The summed E-state index contributed by atoms with van der Waals surface area (Å²) in [6.45, 7) is 3.09. The number of nitrogens with zero attached hydrogens (tertiary/aromatic N) is 1. The van der Waals surface area contributed by atoms with Crippen LogP contribution in [0, 0.1) is 0 Å². The average Bonchev–Trinajstić information content (AvgIpc) is 2.52. The van der Waals surface area contributed by atoms with Gasteiger partial charge in [0.2, 0.25) is 0 Å². The number of benzene rings is 1. The molecule has 0 fully saturated rings. The van der Waals surface area contributed by atoms with Gasteiger partial charge in [-0.15, -0.1) is 0 Å². The molecular formula is C16H19ClN2O2. The molecule has 112 valence electrons. The van der Waals surface area contributed by atoms with E-state index in [4.69, 9.17) is 26.8 Å². The van der Waals surface area contributed by atoms with Gasteiger partial charge in [0.05, 0.1) is 18.8 Å². The second-order valence-corrected chi connectivity index (χ2v) is 5.11. The second-order valence-electron chi connectivity index (χ2n) is 4.67. The minimum atomic E-state index is -0.265. The molecule has 0 saturated carbocycles. The summed E-state index contributed by atoms with van der Waals surface area (Å²) in [5, 5.41) is 0.677. The highest BCUT2D eigenvalue weighted by atomic mass is 35.5. The highest BCUT2D eigenvalue weighted by Crippen LogP contribution is 2.19. The molecule has 0 bridgehead atoms. The van der Waals surface area contributed by atoms with Crippen molar-refractivity contribution in [3.63, 3.8) is 0 Å². The number of nitrogens with two attached hydrogens (primary N) is 1. The summed E-state index contributed by atoms with van der Waals surface area (Å²) in [7, 11) is 0. The monoisotopic (exact) mass is 306 g/mol. The quantitative estimate of drug-likeness (QED) is 0.849. The van der Waals surface area contributed by atoms with Crippen LogP contribution < -0.4 is 15.2 Å². The maximum absolute atomic E-state index is 6.12. The fourth-order valence-corrected chi connectivity index (χ4v) is 1.88. The van der Waals surface area contributed by atoms with Crippen LogP contribution in [0.1, 0.15) is 24.9 Å². The highest BCUT2D eigenvalue weighted by Gasteiger charge is 2.09. The van der Waals surface area contributed by atoms with E-state index in [-0.39, 0.29) is 6.04 Å². The summed E-state index contributed by atoms with van der Waals surface area (Å²) in [6, 6.07) is 8.82. The fourth-order valence-electron chi connectivity index (χ4n) is 1.75. The van der Waals surface area contributed by atoms with E-state index < -0.39 is 0 Å². The van der Waals surface area contributed by atoms with E-state index in [1.165, 1.54) is 0 Å². The first-order chi connectivity index (χ1) is 10.2. The van der Waals surface area contributed by atoms with Crippen molar-refractivity contribution in [1.82, 2.24) is 4.98 Å². The van der Waals surface area contributed by atoms with Gasteiger partial charge in [-0.25, -0.2) is 0 Å². The predicted octanol–water partition coefficient (Wildman–Crippen LogP) is 3.60. The molecule has 1 unspecified atom stereocenters. The molecule has 0 aliphatic carbocycles. The number of aromatic nitrogens is 1. The van der Waals surface area contributed by atoms with Crippen LogP contribution in [0.25, 0.3) is 0 Å². The maximum atomic E-state index is 6.12. The van der Waals surface area contributed by atoms with Crippen molar-refractivity contribution < 1.29 is 9.47 Å². The lowest BCUT2D eigenvalue weighted by Crippen LogP contribution is -2.19. The van der Waals surface area contributed by atoms with Gasteiger partial charge in [0.15, 0.2) is 0 Å². The average molecular weight is 307 g/mol. The van der Waals surface area contributed by atoms with Gasteiger partial charge in [0.1, 0.15) is 18.1 Å². The molecule has 0 spiro atoms. The zero-order valence-electron chi connectivity index (χ0n) is 12.0. The Morgan fingerprint density at radius 1 is 1.14 bits per heavy atom. The lowest BCUT2D eigenvalue weighted by atomic mass is 10.1. The molecule has 0 aliphatic rings. The smallest absolute Gasteiger partial charge is 0.137 e. The molecule has 1 heterocycles. The molecule has 4 nitrogen and oxygen atoms in total. The van der Waals surface area contributed by atoms with E-state index in [2.05, 4.69) is 11.9 Å². The summed E-state index contributed by atoms with van der Waals surface area (Å²) in [5.41, 5.74) is 7.01. The Morgan fingerprint density at radius 3 is 2.62 bits per heavy atom. The largest absolute Gasteiger partial charge is 0.492 e. The molecule has 1 atom stereocenters. The van der Waals surface area contributed by atoms with E-state index in [0.29, 0.717) is 18.2 Å². The summed E-state index contributed by atoms with van der Waals surface area (Å²) < 4.78 is 11.2. The van der Waals surface area contributed by atoms with Crippen molar-refractivity contribution in [2.24, 2.45) is 5.73 Å². The van der Waals surface area contributed by atoms with Crippen LogP contribution in [0.2, 0.25) is 5.02 Å². The lowest BCUT2D eigenvalue weighted by Gasteiger charge is -2.14. The van der Waals surface area contributed by atoms with Gasteiger partial charge in [0.25, 0.3) is 0 Å². The first-order valence-electron chi connectivity index (χ1n) is 6.90. The Labute approximate surface area is 129 Å². The second kappa shape index (κ2) is 7.86. The topological polar surface area (TPSA) is 57.4 Å². The third kappa shape index (κ3) is 4.92. The van der Waals surface area contributed by atoms with Gasteiger partial charge in [0, 0.05) is 11.2 Å². The molecule has 2 aromatic rings. The van der Waals surface area contributed by atoms with Gasteiger partial charge >= 0.3 is 0 Å². The van der Waals surface area contributed by atoms with Crippen LogP contribution in [-0.4, -0.2) is 18.2 Å². The molecule has 0 saturated heterocycles. The Balaban J connectivity index is 1.93. The van der Waals surface area contributed by atoms with Gasteiger partial charge in [-0.05, 0) is 42.3 Å². The van der Waals surface area contributed by atoms with Gasteiger partial charge in [-0.2, -0.15) is 0 Å². The summed E-state index contributed by atoms with van der Waals surface area (Å²) >= 11 is 5.83. The molecule has 2 rings (SSSR count). The minimum absolute atomic E-state index is 0.265. The summed E-state index contributed by atoms with van der Waals surface area (Å²) in [6.07, 6.45) is 4.37. The number of hydrogen-bond donors (Lipinski definition) is 1. The molecule has 2 N–H and O–H groups in total. The van der Waals surface area contributed by atoms with Crippen molar-refractivity contribution in [2.45, 2.75) is 19.4 Å². The molecule has 0 amide bonds. The van der Waals surface area contributed by atoms with Gasteiger partial charge in [-0.3, -0.25) is 4.98 Å². The molecule has 0 radical (unpaired) electrons. The Bertz CT molecular complexity index is 560.